The Balaban J connectivity index is 1.56. The lowest BCUT2D eigenvalue weighted by atomic mass is 9.78. The molecule has 154 valence electrons. The van der Waals surface area contributed by atoms with Crippen LogP contribution in [0.5, 0.6) is 0 Å². The topological polar surface area (TPSA) is 78.9 Å². The van der Waals surface area contributed by atoms with Gasteiger partial charge in [0, 0.05) is 21.0 Å². The first-order valence-corrected chi connectivity index (χ1v) is 10.7. The van der Waals surface area contributed by atoms with Gasteiger partial charge in [-0.05, 0) is 67.5 Å². The molecular weight excluding hydrogens is 487 g/mol. The van der Waals surface area contributed by atoms with Gasteiger partial charge in [0.05, 0.1) is 11.8 Å². The number of esters is 3. The minimum absolute atomic E-state index is 0.116. The molecule has 0 N–H and O–H groups in total. The Labute approximate surface area is 183 Å². The lowest BCUT2D eigenvalue weighted by molar-refractivity contribution is -0.172. The van der Waals surface area contributed by atoms with Crippen molar-refractivity contribution in [2.75, 3.05) is 0 Å². The molecule has 0 spiro atoms. The average molecular weight is 510 g/mol. The van der Waals surface area contributed by atoms with Gasteiger partial charge >= 0.3 is 17.9 Å². The van der Waals surface area contributed by atoms with Crippen molar-refractivity contribution in [3.05, 3.63) is 45.6 Å². The van der Waals surface area contributed by atoms with Gasteiger partial charge in [0.1, 0.15) is 17.8 Å². The summed E-state index contributed by atoms with van der Waals surface area (Å²) < 4.78 is 18.0. The lowest BCUT2D eigenvalue weighted by Crippen LogP contribution is -2.45. The van der Waals surface area contributed by atoms with E-state index in [-0.39, 0.29) is 17.4 Å². The first kappa shape index (κ1) is 20.4. The molecule has 2 aliphatic carbocycles. The van der Waals surface area contributed by atoms with E-state index < -0.39 is 47.6 Å². The van der Waals surface area contributed by atoms with Gasteiger partial charge < -0.3 is 14.2 Å². The van der Waals surface area contributed by atoms with Crippen molar-refractivity contribution < 1.29 is 28.6 Å². The van der Waals surface area contributed by atoms with Crippen LogP contribution in [0.3, 0.4) is 0 Å². The van der Waals surface area contributed by atoms with Gasteiger partial charge in [-0.1, -0.05) is 18.7 Å². The van der Waals surface area contributed by atoms with Crippen LogP contribution < -0.4 is 0 Å². The average Bonchev–Trinajstić information content (AvgIpc) is 3.25. The number of rotatable bonds is 5. The van der Waals surface area contributed by atoms with Gasteiger partial charge in [0.25, 0.3) is 0 Å². The first-order chi connectivity index (χ1) is 13.6. The number of halogens is 1. The molecule has 4 rings (SSSR count). The maximum Gasteiger partial charge on any atom is 0.333 e. The van der Waals surface area contributed by atoms with Crippen LogP contribution in [-0.4, -0.2) is 30.1 Å². The van der Waals surface area contributed by atoms with Crippen molar-refractivity contribution in [2.24, 2.45) is 23.7 Å². The molecule has 1 aliphatic heterocycles. The van der Waals surface area contributed by atoms with Crippen LogP contribution in [-0.2, 0) is 34.2 Å². The molecule has 0 radical (unpaired) electrons. The molecule has 1 aromatic rings. The van der Waals surface area contributed by atoms with Crippen molar-refractivity contribution in [3.63, 3.8) is 0 Å². The molecule has 29 heavy (non-hydrogen) atoms. The highest BCUT2D eigenvalue weighted by Crippen LogP contribution is 2.59. The van der Waals surface area contributed by atoms with Crippen molar-refractivity contribution in [3.8, 4) is 0 Å². The van der Waals surface area contributed by atoms with E-state index >= 15 is 0 Å². The largest absolute Gasteiger partial charge is 0.458 e. The summed E-state index contributed by atoms with van der Waals surface area (Å²) in [6, 6.07) is 7.75. The van der Waals surface area contributed by atoms with E-state index in [0.29, 0.717) is 6.42 Å². The summed E-state index contributed by atoms with van der Waals surface area (Å²) in [5.41, 5.74) is 0.286. The molecule has 6 atom stereocenters. The molecule has 6 nitrogen and oxygen atoms in total. The molecule has 7 heteroatoms. The SMILES string of the molecule is C=C(C)C(=O)OC1C2CC3C1OC(=O)C3C2C(=O)OC(C)(C)c1ccc(I)cc1. The van der Waals surface area contributed by atoms with Gasteiger partial charge in [0.2, 0.25) is 0 Å². The maximum atomic E-state index is 13.2. The molecule has 3 fully saturated rings. The summed E-state index contributed by atoms with van der Waals surface area (Å²) in [7, 11) is 0. The normalized spacial score (nSPS) is 32.1. The number of fused-ring (bicyclic) bond motifs is 1. The van der Waals surface area contributed by atoms with Crippen molar-refractivity contribution in [1.29, 1.82) is 0 Å². The molecule has 0 amide bonds. The maximum absolute atomic E-state index is 13.2. The summed E-state index contributed by atoms with van der Waals surface area (Å²) >= 11 is 2.22. The molecular formula is C22H23IO6. The highest BCUT2D eigenvalue weighted by atomic mass is 127. The van der Waals surface area contributed by atoms with Crippen LogP contribution in [0.15, 0.2) is 36.4 Å². The molecule has 2 saturated carbocycles. The van der Waals surface area contributed by atoms with Crippen LogP contribution in [0.4, 0.5) is 0 Å². The number of benzene rings is 1. The fourth-order valence-electron chi connectivity index (χ4n) is 4.92. The molecule has 1 heterocycles. The monoisotopic (exact) mass is 510 g/mol. The highest BCUT2D eigenvalue weighted by molar-refractivity contribution is 14.1. The number of carbonyl (C=O) groups excluding carboxylic acids is 3. The third-order valence-electron chi connectivity index (χ3n) is 6.30. The van der Waals surface area contributed by atoms with E-state index in [1.54, 1.807) is 6.92 Å². The predicted molar refractivity (Wildman–Crippen MR) is 111 cm³/mol. The molecule has 0 aromatic heterocycles. The number of hydrogen-bond donors (Lipinski definition) is 0. The first-order valence-electron chi connectivity index (χ1n) is 9.66. The minimum atomic E-state index is -0.852. The number of carbonyl (C=O) groups is 3. The van der Waals surface area contributed by atoms with Crippen LogP contribution >= 0.6 is 22.6 Å². The van der Waals surface area contributed by atoms with Crippen LogP contribution in [0.1, 0.15) is 32.8 Å². The van der Waals surface area contributed by atoms with E-state index in [1.807, 2.05) is 38.1 Å². The van der Waals surface area contributed by atoms with Gasteiger partial charge in [-0.2, -0.15) is 0 Å². The van der Waals surface area contributed by atoms with E-state index in [2.05, 4.69) is 29.2 Å². The summed E-state index contributed by atoms with van der Waals surface area (Å²) in [5.74, 6) is -2.97. The summed E-state index contributed by atoms with van der Waals surface area (Å²) in [6.07, 6.45) is -0.501. The Morgan fingerprint density at radius 3 is 2.48 bits per heavy atom. The summed E-state index contributed by atoms with van der Waals surface area (Å²) in [4.78, 5) is 37.7. The Morgan fingerprint density at radius 1 is 1.21 bits per heavy atom. The van der Waals surface area contributed by atoms with Crippen molar-refractivity contribution >= 4 is 40.5 Å². The highest BCUT2D eigenvalue weighted by Gasteiger charge is 2.70. The number of ether oxygens (including phenoxy) is 3. The molecule has 2 bridgehead atoms. The van der Waals surface area contributed by atoms with Crippen LogP contribution in [0.2, 0.25) is 0 Å². The fourth-order valence-corrected chi connectivity index (χ4v) is 5.28. The third kappa shape index (κ3) is 3.37. The third-order valence-corrected chi connectivity index (χ3v) is 7.02. The Bertz CT molecular complexity index is 889. The predicted octanol–water partition coefficient (Wildman–Crippen LogP) is 3.36. The zero-order chi connectivity index (χ0) is 21.1. The fraction of sp³-hybridized carbons (Fsp3) is 0.500. The Kier molecular flexibility index (Phi) is 4.99. The zero-order valence-corrected chi connectivity index (χ0v) is 18.7. The Morgan fingerprint density at radius 2 is 1.86 bits per heavy atom. The Hall–Kier alpha value is -1.90. The zero-order valence-electron chi connectivity index (χ0n) is 16.5. The van der Waals surface area contributed by atoms with Crippen molar-refractivity contribution in [2.45, 2.75) is 45.0 Å². The van der Waals surface area contributed by atoms with Gasteiger partial charge in [-0.15, -0.1) is 0 Å². The smallest absolute Gasteiger partial charge is 0.333 e. The van der Waals surface area contributed by atoms with E-state index in [1.165, 1.54) is 0 Å². The summed E-state index contributed by atoms with van der Waals surface area (Å²) in [5, 5.41) is 0. The van der Waals surface area contributed by atoms with Crippen LogP contribution in [0.25, 0.3) is 0 Å². The van der Waals surface area contributed by atoms with Crippen LogP contribution in [0, 0.1) is 27.2 Å². The van der Waals surface area contributed by atoms with E-state index in [4.69, 9.17) is 14.2 Å². The minimum Gasteiger partial charge on any atom is -0.458 e. The van der Waals surface area contributed by atoms with Crippen molar-refractivity contribution in [1.82, 2.24) is 0 Å². The molecule has 1 saturated heterocycles. The quantitative estimate of drug-likeness (QED) is 0.262. The van der Waals surface area contributed by atoms with Gasteiger partial charge in [-0.3, -0.25) is 9.59 Å². The number of hydrogen-bond acceptors (Lipinski definition) is 6. The lowest BCUT2D eigenvalue weighted by Gasteiger charge is -2.33. The van der Waals surface area contributed by atoms with E-state index in [0.717, 1.165) is 9.13 Å². The van der Waals surface area contributed by atoms with Gasteiger partial charge in [0.15, 0.2) is 0 Å². The second-order valence-corrected chi connectivity index (χ2v) is 9.85. The summed E-state index contributed by atoms with van der Waals surface area (Å²) in [6.45, 7) is 8.82. The standard InChI is InChI=1S/C22H23IO6/c1-10(2)19(24)27-17-14-9-13-15(20(25)28-18(13)17)16(14)21(26)29-22(3,4)11-5-7-12(23)8-6-11/h5-8,13-18H,1,9H2,2-4H3. The second kappa shape index (κ2) is 7.11. The molecule has 3 aliphatic rings. The molecule has 1 aromatic carbocycles. The molecule has 6 unspecified atom stereocenters. The van der Waals surface area contributed by atoms with Gasteiger partial charge in [-0.25, -0.2) is 4.79 Å². The second-order valence-electron chi connectivity index (χ2n) is 8.61. The van der Waals surface area contributed by atoms with E-state index in [9.17, 15) is 14.4 Å².